The number of piperidine rings is 1. The average Bonchev–Trinajstić information content (AvgIpc) is 3.80. The summed E-state index contributed by atoms with van der Waals surface area (Å²) in [6, 6.07) is 5.99. The largest absolute Gasteiger partial charge is 0.444 e. The number of nitrogens with zero attached hydrogens (tertiary/aromatic N) is 6. The van der Waals surface area contributed by atoms with E-state index >= 15 is 0 Å². The standard InChI is InChI=1S/C37H42ClF3N10O5/c1-20-15-22(18-43-30(20)42)28-26(29(48-47-28)37(39,40)41)16-24-19-44-31(45-24)32(52)46-23-5-6-25(27(38)17-23)34(54)50-13-11-49(12-14-50)33(53)21-7-9-51(10-8-21)35(55)56-36(2,3)4/h5-6,15,17-19,21H,7-14,16H2,1-4H3,(H2,42,43)(H,44,45)(H,46,52)(H,47,48). The van der Waals surface area contributed by atoms with Crippen LogP contribution in [0, 0.1) is 12.8 Å². The van der Waals surface area contributed by atoms with Gasteiger partial charge in [-0.25, -0.2) is 14.8 Å². The van der Waals surface area contributed by atoms with Gasteiger partial charge < -0.3 is 35.5 Å². The summed E-state index contributed by atoms with van der Waals surface area (Å²) in [7, 11) is 0. The average molecular weight is 799 g/mol. The molecule has 298 valence electrons. The fourth-order valence-electron chi connectivity index (χ4n) is 6.64. The predicted octanol–water partition coefficient (Wildman–Crippen LogP) is 5.53. The summed E-state index contributed by atoms with van der Waals surface area (Å²) in [6.07, 6.45) is -1.75. The molecule has 15 nitrogen and oxygen atoms in total. The van der Waals surface area contributed by atoms with Gasteiger partial charge in [-0.2, -0.15) is 18.3 Å². The van der Waals surface area contributed by atoms with Crippen LogP contribution in [0.4, 0.5) is 29.5 Å². The molecular weight excluding hydrogens is 757 g/mol. The van der Waals surface area contributed by atoms with Gasteiger partial charge >= 0.3 is 12.3 Å². The highest BCUT2D eigenvalue weighted by molar-refractivity contribution is 6.34. The minimum Gasteiger partial charge on any atom is -0.444 e. The molecule has 2 aliphatic rings. The van der Waals surface area contributed by atoms with E-state index < -0.39 is 23.4 Å². The molecule has 1 aromatic carbocycles. The number of pyridine rings is 1. The number of rotatable bonds is 7. The van der Waals surface area contributed by atoms with Gasteiger partial charge in [-0.05, 0) is 70.4 Å². The highest BCUT2D eigenvalue weighted by Crippen LogP contribution is 2.36. The molecule has 2 fully saturated rings. The number of H-pyrrole nitrogens is 2. The van der Waals surface area contributed by atoms with E-state index in [-0.39, 0.29) is 75.1 Å². The van der Waals surface area contributed by atoms with Crippen molar-refractivity contribution in [3.8, 4) is 11.3 Å². The van der Waals surface area contributed by atoms with Crippen molar-refractivity contribution in [3.63, 3.8) is 0 Å². The van der Waals surface area contributed by atoms with Crippen LogP contribution in [0.2, 0.25) is 5.02 Å². The Morgan fingerprint density at radius 2 is 1.64 bits per heavy atom. The van der Waals surface area contributed by atoms with Crippen LogP contribution in [0.1, 0.15) is 77.1 Å². The van der Waals surface area contributed by atoms with Gasteiger partial charge in [-0.3, -0.25) is 19.5 Å². The Balaban J connectivity index is 1.03. The summed E-state index contributed by atoms with van der Waals surface area (Å²) in [6.45, 7) is 9.29. The molecule has 0 bridgehead atoms. The number of benzene rings is 1. The number of imidazole rings is 1. The molecule has 6 rings (SSSR count). The van der Waals surface area contributed by atoms with Gasteiger partial charge in [-0.1, -0.05) is 11.6 Å². The van der Waals surface area contributed by atoms with E-state index in [1.165, 1.54) is 30.6 Å². The van der Waals surface area contributed by atoms with E-state index in [2.05, 4.69) is 30.5 Å². The van der Waals surface area contributed by atoms with Crippen molar-refractivity contribution in [1.82, 2.24) is 39.8 Å². The molecule has 4 aromatic rings. The second-order valence-corrected chi connectivity index (χ2v) is 15.2. The Morgan fingerprint density at radius 1 is 0.964 bits per heavy atom. The van der Waals surface area contributed by atoms with E-state index in [0.717, 1.165) is 0 Å². The lowest BCUT2D eigenvalue weighted by molar-refractivity contribution is -0.141. The SMILES string of the molecule is Cc1cc(-c2[nH]nc(C(F)(F)F)c2Cc2cnc(C(=O)Nc3ccc(C(=O)N4CCN(C(=O)C5CCN(C(=O)OC(C)(C)C)CC5)CC4)c(Cl)c3)[nH]2)cnc1N. The van der Waals surface area contributed by atoms with Crippen LogP contribution in [-0.2, 0) is 22.1 Å². The third-order valence-electron chi connectivity index (χ3n) is 9.59. The summed E-state index contributed by atoms with van der Waals surface area (Å²) in [4.78, 5) is 68.0. The molecule has 2 aliphatic heterocycles. The van der Waals surface area contributed by atoms with Crippen molar-refractivity contribution >= 4 is 46.9 Å². The minimum absolute atomic E-state index is 0.00539. The molecule has 5 N–H and O–H groups in total. The molecule has 0 spiro atoms. The number of aromatic nitrogens is 5. The molecule has 0 unspecified atom stereocenters. The number of alkyl halides is 3. The number of nitrogen functional groups attached to an aromatic ring is 1. The minimum atomic E-state index is -4.76. The number of amides is 4. The van der Waals surface area contributed by atoms with Gasteiger partial charge in [0.1, 0.15) is 11.4 Å². The van der Waals surface area contributed by atoms with Crippen molar-refractivity contribution < 1.29 is 37.1 Å². The summed E-state index contributed by atoms with van der Waals surface area (Å²) < 4.78 is 47.2. The van der Waals surface area contributed by atoms with E-state index in [1.807, 2.05) is 20.8 Å². The number of likely N-dealkylation sites (tertiary alicyclic amines) is 1. The molecule has 2 saturated heterocycles. The maximum atomic E-state index is 13.9. The van der Waals surface area contributed by atoms with Gasteiger partial charge in [0.25, 0.3) is 11.8 Å². The highest BCUT2D eigenvalue weighted by atomic mass is 35.5. The van der Waals surface area contributed by atoms with Crippen molar-refractivity contribution in [2.45, 2.75) is 58.7 Å². The third kappa shape index (κ3) is 9.07. The first kappa shape index (κ1) is 40.0. The number of nitrogens with two attached hydrogens (primary N) is 1. The molecule has 3 aromatic heterocycles. The fraction of sp³-hybridized carbons (Fsp3) is 0.432. The Morgan fingerprint density at radius 3 is 2.27 bits per heavy atom. The summed E-state index contributed by atoms with van der Waals surface area (Å²) in [5.74, 6) is -1.15. The first-order valence-electron chi connectivity index (χ1n) is 18.0. The van der Waals surface area contributed by atoms with Crippen molar-refractivity contribution in [2.24, 2.45) is 5.92 Å². The molecule has 0 saturated carbocycles. The van der Waals surface area contributed by atoms with E-state index in [0.29, 0.717) is 63.2 Å². The summed E-state index contributed by atoms with van der Waals surface area (Å²) >= 11 is 6.51. The molecule has 0 radical (unpaired) electrons. The van der Waals surface area contributed by atoms with E-state index in [1.54, 1.807) is 27.7 Å². The van der Waals surface area contributed by atoms with Crippen LogP contribution >= 0.6 is 11.6 Å². The number of carbonyl (C=O) groups excluding carboxylic acids is 4. The lowest BCUT2D eigenvalue weighted by Crippen LogP contribution is -2.53. The number of hydrogen-bond acceptors (Lipinski definition) is 9. The molecule has 19 heteroatoms. The second-order valence-electron chi connectivity index (χ2n) is 14.8. The van der Waals surface area contributed by atoms with Crippen LogP contribution in [0.3, 0.4) is 0 Å². The molecule has 5 heterocycles. The Labute approximate surface area is 325 Å². The lowest BCUT2D eigenvalue weighted by Gasteiger charge is -2.38. The first-order valence-corrected chi connectivity index (χ1v) is 18.3. The highest BCUT2D eigenvalue weighted by Gasteiger charge is 2.39. The van der Waals surface area contributed by atoms with Crippen LogP contribution < -0.4 is 11.1 Å². The van der Waals surface area contributed by atoms with Gasteiger partial charge in [0.2, 0.25) is 5.91 Å². The predicted molar refractivity (Wildman–Crippen MR) is 200 cm³/mol. The monoisotopic (exact) mass is 798 g/mol. The van der Waals surface area contributed by atoms with Crippen LogP contribution in [0.15, 0.2) is 36.7 Å². The van der Waals surface area contributed by atoms with Gasteiger partial charge in [0.15, 0.2) is 11.5 Å². The fourth-order valence-corrected chi connectivity index (χ4v) is 6.90. The first-order chi connectivity index (χ1) is 26.4. The smallest absolute Gasteiger partial charge is 0.435 e. The van der Waals surface area contributed by atoms with Crippen molar-refractivity contribution in [2.75, 3.05) is 50.3 Å². The normalized spacial score (nSPS) is 15.5. The molecule has 0 atom stereocenters. The molecule has 56 heavy (non-hydrogen) atoms. The van der Waals surface area contributed by atoms with Gasteiger partial charge in [0.05, 0.1) is 16.3 Å². The number of carbonyl (C=O) groups is 4. The number of piperazine rings is 1. The van der Waals surface area contributed by atoms with Crippen LogP contribution in [0.25, 0.3) is 11.3 Å². The number of anilines is 2. The zero-order chi connectivity index (χ0) is 40.5. The van der Waals surface area contributed by atoms with E-state index in [4.69, 9.17) is 22.1 Å². The lowest BCUT2D eigenvalue weighted by atomic mass is 9.95. The number of aromatic amines is 2. The number of hydrogen-bond donors (Lipinski definition) is 4. The maximum absolute atomic E-state index is 13.9. The second kappa shape index (κ2) is 15.8. The number of ether oxygens (including phenoxy) is 1. The Kier molecular flexibility index (Phi) is 11.3. The topological polar surface area (TPSA) is 196 Å². The van der Waals surface area contributed by atoms with Crippen molar-refractivity contribution in [1.29, 1.82) is 0 Å². The zero-order valence-electron chi connectivity index (χ0n) is 31.2. The molecule has 0 aliphatic carbocycles. The molecular formula is C37H42ClF3N10O5. The van der Waals surface area contributed by atoms with Crippen LogP contribution in [0.5, 0.6) is 0 Å². The summed E-state index contributed by atoms with van der Waals surface area (Å²) in [5, 5.41) is 8.70. The summed E-state index contributed by atoms with van der Waals surface area (Å²) in [5.41, 5.74) is 5.62. The van der Waals surface area contributed by atoms with E-state index in [9.17, 15) is 32.3 Å². The van der Waals surface area contributed by atoms with Crippen molar-refractivity contribution in [3.05, 3.63) is 75.6 Å². The quantitative estimate of drug-likeness (QED) is 0.186. The van der Waals surface area contributed by atoms with Gasteiger partial charge in [0, 0.05) is 86.5 Å². The van der Waals surface area contributed by atoms with Gasteiger partial charge in [-0.15, -0.1) is 0 Å². The van der Waals surface area contributed by atoms with Crippen LogP contribution in [-0.4, -0.2) is 109 Å². The zero-order valence-corrected chi connectivity index (χ0v) is 32.0. The molecule has 4 amide bonds. The number of aryl methyl sites for hydroxylation is 1. The Bertz CT molecular complexity index is 2130. The number of halogens is 4. The Hall–Kier alpha value is -5.65. The maximum Gasteiger partial charge on any atom is 0.435 e. The number of nitrogens with one attached hydrogen (secondary N) is 3. The third-order valence-corrected chi connectivity index (χ3v) is 9.90.